The Bertz CT molecular complexity index is 442. The molecule has 2 aliphatic rings. The second kappa shape index (κ2) is 10.5. The zero-order chi connectivity index (χ0) is 18.2. The Kier molecular flexibility index (Phi) is 8.02. The van der Waals surface area contributed by atoms with Crippen LogP contribution in [0.15, 0.2) is 18.3 Å². The van der Waals surface area contributed by atoms with Gasteiger partial charge in [0.2, 0.25) is 0 Å². The highest BCUT2D eigenvalue weighted by Crippen LogP contribution is 2.39. The monoisotopic (exact) mass is 355 g/mol. The molecule has 0 spiro atoms. The molecule has 1 heteroatoms. The van der Waals surface area contributed by atoms with Crippen molar-refractivity contribution in [3.8, 4) is 0 Å². The molecule has 0 bridgehead atoms. The summed E-state index contributed by atoms with van der Waals surface area (Å²) in [6.07, 6.45) is 21.9. The highest BCUT2D eigenvalue weighted by atomic mass is 14.7. The number of pyridine rings is 1. The first-order valence-corrected chi connectivity index (χ1v) is 11.8. The van der Waals surface area contributed by atoms with Gasteiger partial charge in [-0.25, -0.2) is 0 Å². The van der Waals surface area contributed by atoms with Gasteiger partial charge in [0, 0.05) is 17.8 Å². The lowest BCUT2D eigenvalue weighted by molar-refractivity contribution is 0.300. The normalized spacial score (nSPS) is 29.6. The molecule has 146 valence electrons. The van der Waals surface area contributed by atoms with E-state index in [-0.39, 0.29) is 0 Å². The zero-order valence-corrected chi connectivity index (χ0v) is 17.4. The van der Waals surface area contributed by atoms with Gasteiger partial charge in [-0.15, -0.1) is 0 Å². The minimum absolute atomic E-state index is 0.728. The first-order chi connectivity index (χ1) is 12.8. The summed E-state index contributed by atoms with van der Waals surface area (Å²) in [4.78, 5) is 4.93. The third-order valence-electron chi connectivity index (χ3n) is 7.32. The van der Waals surface area contributed by atoms with Crippen LogP contribution in [0, 0.1) is 11.8 Å². The number of rotatable bonds is 8. The summed E-state index contributed by atoms with van der Waals surface area (Å²) < 4.78 is 0. The fourth-order valence-electron chi connectivity index (χ4n) is 5.42. The molecule has 0 N–H and O–H groups in total. The van der Waals surface area contributed by atoms with E-state index in [1.165, 1.54) is 101 Å². The van der Waals surface area contributed by atoms with Crippen LogP contribution in [-0.2, 0) is 0 Å². The van der Waals surface area contributed by atoms with Gasteiger partial charge in [-0.3, -0.25) is 4.98 Å². The van der Waals surface area contributed by atoms with E-state index in [4.69, 9.17) is 4.98 Å². The standard InChI is InChI=1S/C25H41N/c1-3-5-7-20-9-13-22(14-10-20)24-17-18-25(26-19-24)23-15-11-21(12-16-23)8-6-4-2/h17-23H,3-16H2,1-2H3. The van der Waals surface area contributed by atoms with Crippen LogP contribution in [0.5, 0.6) is 0 Å². The Morgan fingerprint density at radius 2 is 1.27 bits per heavy atom. The predicted molar refractivity (Wildman–Crippen MR) is 113 cm³/mol. The molecule has 3 rings (SSSR count). The SMILES string of the molecule is CCCCC1CCC(c2ccc(C3CCC(CCCC)CC3)nc2)CC1. The maximum Gasteiger partial charge on any atom is 0.0434 e. The molecule has 1 heterocycles. The highest BCUT2D eigenvalue weighted by molar-refractivity contribution is 5.21. The lowest BCUT2D eigenvalue weighted by Gasteiger charge is -2.30. The molecule has 0 radical (unpaired) electrons. The molecule has 2 aliphatic carbocycles. The Morgan fingerprint density at radius 1 is 0.731 bits per heavy atom. The molecular formula is C25H41N. The molecule has 0 aliphatic heterocycles. The first-order valence-electron chi connectivity index (χ1n) is 11.8. The van der Waals surface area contributed by atoms with Gasteiger partial charge in [0.15, 0.2) is 0 Å². The molecule has 0 unspecified atom stereocenters. The Morgan fingerprint density at radius 3 is 1.73 bits per heavy atom. The zero-order valence-electron chi connectivity index (χ0n) is 17.4. The Hall–Kier alpha value is -0.850. The van der Waals surface area contributed by atoms with E-state index in [1.807, 2.05) is 0 Å². The van der Waals surface area contributed by atoms with E-state index in [2.05, 4.69) is 32.2 Å². The molecule has 0 amide bonds. The quantitative estimate of drug-likeness (QED) is 0.460. The predicted octanol–water partition coefficient (Wildman–Crippen LogP) is 8.01. The van der Waals surface area contributed by atoms with Crippen LogP contribution < -0.4 is 0 Å². The minimum Gasteiger partial charge on any atom is -0.261 e. The molecule has 1 nitrogen and oxygen atoms in total. The van der Waals surface area contributed by atoms with Crippen LogP contribution in [-0.4, -0.2) is 4.98 Å². The van der Waals surface area contributed by atoms with E-state index in [0.29, 0.717) is 0 Å². The maximum absolute atomic E-state index is 4.93. The number of hydrogen-bond acceptors (Lipinski definition) is 1. The van der Waals surface area contributed by atoms with E-state index < -0.39 is 0 Å². The number of unbranched alkanes of at least 4 members (excludes halogenated alkanes) is 2. The summed E-state index contributed by atoms with van der Waals surface area (Å²) >= 11 is 0. The van der Waals surface area contributed by atoms with E-state index >= 15 is 0 Å². The van der Waals surface area contributed by atoms with Crippen LogP contribution in [0.2, 0.25) is 0 Å². The van der Waals surface area contributed by atoms with E-state index in [9.17, 15) is 0 Å². The molecule has 1 aromatic heterocycles. The van der Waals surface area contributed by atoms with Crippen LogP contribution in [0.25, 0.3) is 0 Å². The lowest BCUT2D eigenvalue weighted by Crippen LogP contribution is -2.15. The smallest absolute Gasteiger partial charge is 0.0434 e. The van der Waals surface area contributed by atoms with Gasteiger partial charge in [0.25, 0.3) is 0 Å². The van der Waals surface area contributed by atoms with Crippen LogP contribution in [0.4, 0.5) is 0 Å². The van der Waals surface area contributed by atoms with Gasteiger partial charge in [-0.05, 0) is 80.8 Å². The number of aromatic nitrogens is 1. The summed E-state index contributed by atoms with van der Waals surface area (Å²) in [7, 11) is 0. The molecule has 0 saturated heterocycles. The van der Waals surface area contributed by atoms with Gasteiger partial charge < -0.3 is 0 Å². The second-order valence-corrected chi connectivity index (χ2v) is 9.24. The van der Waals surface area contributed by atoms with Crippen LogP contribution in [0.1, 0.15) is 127 Å². The summed E-state index contributed by atoms with van der Waals surface area (Å²) in [5.41, 5.74) is 2.89. The molecule has 2 saturated carbocycles. The molecule has 26 heavy (non-hydrogen) atoms. The summed E-state index contributed by atoms with van der Waals surface area (Å²) in [6.45, 7) is 4.63. The number of hydrogen-bond donors (Lipinski definition) is 0. The second-order valence-electron chi connectivity index (χ2n) is 9.24. The minimum atomic E-state index is 0.728. The Labute approximate surface area is 162 Å². The highest BCUT2D eigenvalue weighted by Gasteiger charge is 2.25. The van der Waals surface area contributed by atoms with E-state index in [0.717, 1.165) is 23.7 Å². The topological polar surface area (TPSA) is 12.9 Å². The lowest BCUT2D eigenvalue weighted by atomic mass is 9.76. The third-order valence-corrected chi connectivity index (χ3v) is 7.32. The fourth-order valence-corrected chi connectivity index (χ4v) is 5.42. The fraction of sp³-hybridized carbons (Fsp3) is 0.800. The van der Waals surface area contributed by atoms with Gasteiger partial charge in [-0.1, -0.05) is 58.4 Å². The average Bonchev–Trinajstić information content (AvgIpc) is 2.72. The Balaban J connectivity index is 1.46. The average molecular weight is 356 g/mol. The summed E-state index contributed by atoms with van der Waals surface area (Å²) in [5, 5.41) is 0. The summed E-state index contributed by atoms with van der Waals surface area (Å²) in [6, 6.07) is 4.79. The largest absolute Gasteiger partial charge is 0.261 e. The first kappa shape index (κ1) is 19.9. The van der Waals surface area contributed by atoms with Crippen molar-refractivity contribution in [2.45, 2.75) is 116 Å². The van der Waals surface area contributed by atoms with Crippen molar-refractivity contribution in [2.24, 2.45) is 11.8 Å². The van der Waals surface area contributed by atoms with Gasteiger partial charge >= 0.3 is 0 Å². The van der Waals surface area contributed by atoms with Crippen molar-refractivity contribution in [3.63, 3.8) is 0 Å². The third kappa shape index (κ3) is 5.57. The maximum atomic E-state index is 4.93. The number of nitrogens with zero attached hydrogens (tertiary/aromatic N) is 1. The molecule has 2 fully saturated rings. The molecular weight excluding hydrogens is 314 g/mol. The van der Waals surface area contributed by atoms with Gasteiger partial charge in [-0.2, -0.15) is 0 Å². The molecule has 0 aromatic carbocycles. The van der Waals surface area contributed by atoms with Crippen LogP contribution in [0.3, 0.4) is 0 Å². The van der Waals surface area contributed by atoms with Crippen LogP contribution >= 0.6 is 0 Å². The van der Waals surface area contributed by atoms with Crippen molar-refractivity contribution >= 4 is 0 Å². The summed E-state index contributed by atoms with van der Waals surface area (Å²) in [5.74, 6) is 3.50. The van der Waals surface area contributed by atoms with Crippen molar-refractivity contribution < 1.29 is 0 Å². The van der Waals surface area contributed by atoms with Gasteiger partial charge in [0.1, 0.15) is 0 Å². The molecule has 0 atom stereocenters. The van der Waals surface area contributed by atoms with Gasteiger partial charge in [0.05, 0.1) is 0 Å². The van der Waals surface area contributed by atoms with Crippen molar-refractivity contribution in [3.05, 3.63) is 29.6 Å². The van der Waals surface area contributed by atoms with E-state index in [1.54, 1.807) is 0 Å². The van der Waals surface area contributed by atoms with Crippen molar-refractivity contribution in [1.29, 1.82) is 0 Å². The molecule has 1 aromatic rings. The van der Waals surface area contributed by atoms with Crippen molar-refractivity contribution in [2.75, 3.05) is 0 Å². The van der Waals surface area contributed by atoms with Crippen molar-refractivity contribution in [1.82, 2.24) is 4.98 Å².